The van der Waals surface area contributed by atoms with E-state index in [0.717, 1.165) is 11.6 Å². The predicted molar refractivity (Wildman–Crippen MR) is 70.0 cm³/mol. The third kappa shape index (κ3) is 2.25. The first-order chi connectivity index (χ1) is 9.67. The molecule has 0 atom stereocenters. The number of halogens is 1. The van der Waals surface area contributed by atoms with Crippen LogP contribution >= 0.6 is 0 Å². The molecule has 3 rings (SSSR count). The summed E-state index contributed by atoms with van der Waals surface area (Å²) in [6.07, 6.45) is 0. The van der Waals surface area contributed by atoms with Crippen LogP contribution in [0.15, 0.2) is 36.4 Å². The molecule has 1 N–H and O–H groups in total. The number of hydrogen-bond acceptors (Lipinski definition) is 4. The lowest BCUT2D eigenvalue weighted by atomic mass is 9.79. The number of benzene rings is 2. The van der Waals surface area contributed by atoms with Crippen molar-refractivity contribution in [2.75, 3.05) is 0 Å². The highest BCUT2D eigenvalue weighted by Gasteiger charge is 2.27. The van der Waals surface area contributed by atoms with Crippen LogP contribution in [0.1, 0.15) is 11.1 Å². The van der Waals surface area contributed by atoms with Crippen molar-refractivity contribution in [2.24, 2.45) is 0 Å². The van der Waals surface area contributed by atoms with Crippen LogP contribution in [-0.4, -0.2) is 12.1 Å². The Hall–Kier alpha value is -2.36. The standard InChI is InChI=1S/C14H9BFNO3/c16-13-5-9(7-17)1-4-14(13)20-11-3-2-10-8-19-15(18)12(10)6-11/h1-6,18H,8H2. The van der Waals surface area contributed by atoms with E-state index < -0.39 is 12.9 Å². The molecular formula is C14H9BFNO3. The van der Waals surface area contributed by atoms with Gasteiger partial charge in [-0.1, -0.05) is 6.07 Å². The Balaban J connectivity index is 1.89. The summed E-state index contributed by atoms with van der Waals surface area (Å²) in [5.74, 6) is -0.185. The molecular weight excluding hydrogens is 260 g/mol. The highest BCUT2D eigenvalue weighted by molar-refractivity contribution is 6.61. The first kappa shape index (κ1) is 12.7. The molecule has 0 saturated heterocycles. The van der Waals surface area contributed by atoms with Gasteiger partial charge >= 0.3 is 7.12 Å². The third-order valence-electron chi connectivity index (χ3n) is 3.07. The molecule has 0 amide bonds. The number of hydrogen-bond donors (Lipinski definition) is 1. The van der Waals surface area contributed by atoms with Gasteiger partial charge < -0.3 is 14.4 Å². The van der Waals surface area contributed by atoms with Crippen LogP contribution in [0.4, 0.5) is 4.39 Å². The first-order valence-corrected chi connectivity index (χ1v) is 5.97. The summed E-state index contributed by atoms with van der Waals surface area (Å²) >= 11 is 0. The van der Waals surface area contributed by atoms with E-state index in [4.69, 9.17) is 14.7 Å². The van der Waals surface area contributed by atoms with Gasteiger partial charge in [0.25, 0.3) is 0 Å². The first-order valence-electron chi connectivity index (χ1n) is 5.97. The number of nitriles is 1. The molecule has 2 aromatic carbocycles. The molecule has 1 aliphatic heterocycles. The lowest BCUT2D eigenvalue weighted by molar-refractivity contribution is 0.275. The maximum absolute atomic E-state index is 13.7. The average molecular weight is 269 g/mol. The molecule has 0 unspecified atom stereocenters. The van der Waals surface area contributed by atoms with Crippen molar-refractivity contribution in [3.05, 3.63) is 53.3 Å². The number of fused-ring (bicyclic) bond motifs is 1. The van der Waals surface area contributed by atoms with Crippen LogP contribution in [0.3, 0.4) is 0 Å². The van der Waals surface area contributed by atoms with Crippen LogP contribution in [-0.2, 0) is 11.3 Å². The second-order valence-corrected chi connectivity index (χ2v) is 4.38. The molecule has 0 aromatic heterocycles. The molecule has 0 saturated carbocycles. The Bertz CT molecular complexity index is 714. The van der Waals surface area contributed by atoms with E-state index in [1.807, 2.05) is 6.07 Å². The van der Waals surface area contributed by atoms with E-state index in [0.29, 0.717) is 17.8 Å². The lowest BCUT2D eigenvalue weighted by Gasteiger charge is -2.08. The summed E-state index contributed by atoms with van der Waals surface area (Å²) in [5, 5.41) is 18.3. The lowest BCUT2D eigenvalue weighted by Crippen LogP contribution is -2.27. The van der Waals surface area contributed by atoms with Crippen molar-refractivity contribution >= 4 is 12.6 Å². The van der Waals surface area contributed by atoms with Crippen LogP contribution in [0.2, 0.25) is 0 Å². The molecule has 98 valence electrons. The minimum absolute atomic E-state index is 0.0253. The molecule has 1 aliphatic rings. The maximum atomic E-state index is 13.7. The van der Waals surface area contributed by atoms with Crippen LogP contribution in [0, 0.1) is 17.1 Å². The van der Waals surface area contributed by atoms with Gasteiger partial charge in [0, 0.05) is 0 Å². The van der Waals surface area contributed by atoms with Gasteiger partial charge in [0.2, 0.25) is 0 Å². The Morgan fingerprint density at radius 1 is 1.30 bits per heavy atom. The zero-order chi connectivity index (χ0) is 14.1. The Labute approximate surface area is 115 Å². The summed E-state index contributed by atoms with van der Waals surface area (Å²) < 4.78 is 24.2. The average Bonchev–Trinajstić information content (AvgIpc) is 2.82. The SMILES string of the molecule is N#Cc1ccc(Oc2ccc3c(c2)B(O)OC3)c(F)c1. The summed E-state index contributed by atoms with van der Waals surface area (Å²) in [7, 11) is -0.973. The van der Waals surface area contributed by atoms with Gasteiger partial charge in [-0.05, 0) is 41.4 Å². The Morgan fingerprint density at radius 3 is 2.90 bits per heavy atom. The summed E-state index contributed by atoms with van der Waals surface area (Å²) in [6, 6.07) is 10.9. The van der Waals surface area contributed by atoms with E-state index in [1.165, 1.54) is 12.1 Å². The fraction of sp³-hybridized carbons (Fsp3) is 0.0714. The second-order valence-electron chi connectivity index (χ2n) is 4.38. The summed E-state index contributed by atoms with van der Waals surface area (Å²) in [6.45, 7) is 0.349. The normalized spacial score (nSPS) is 12.9. The molecule has 1 heterocycles. The largest absolute Gasteiger partial charge is 0.491 e. The van der Waals surface area contributed by atoms with Gasteiger partial charge in [-0.3, -0.25) is 0 Å². The zero-order valence-corrected chi connectivity index (χ0v) is 10.3. The van der Waals surface area contributed by atoms with E-state index in [1.54, 1.807) is 18.2 Å². The second kappa shape index (κ2) is 4.97. The monoisotopic (exact) mass is 269 g/mol. The van der Waals surface area contributed by atoms with Gasteiger partial charge in [0.1, 0.15) is 5.75 Å². The van der Waals surface area contributed by atoms with Crippen molar-refractivity contribution in [1.82, 2.24) is 0 Å². The van der Waals surface area contributed by atoms with Crippen molar-refractivity contribution in [2.45, 2.75) is 6.61 Å². The number of nitrogens with zero attached hydrogens (tertiary/aromatic N) is 1. The highest BCUT2D eigenvalue weighted by atomic mass is 19.1. The number of ether oxygens (including phenoxy) is 1. The van der Waals surface area contributed by atoms with Crippen molar-refractivity contribution in [1.29, 1.82) is 5.26 Å². The quantitative estimate of drug-likeness (QED) is 0.843. The maximum Gasteiger partial charge on any atom is 0.491 e. The molecule has 0 fully saturated rings. The van der Waals surface area contributed by atoms with Gasteiger partial charge in [-0.25, -0.2) is 4.39 Å². The fourth-order valence-electron chi connectivity index (χ4n) is 2.04. The van der Waals surface area contributed by atoms with Crippen LogP contribution in [0.25, 0.3) is 0 Å². The predicted octanol–water partition coefficient (Wildman–Crippen LogP) is 1.71. The van der Waals surface area contributed by atoms with Crippen LogP contribution in [0.5, 0.6) is 11.5 Å². The molecule has 0 radical (unpaired) electrons. The summed E-state index contributed by atoms with van der Waals surface area (Å²) in [4.78, 5) is 0. The van der Waals surface area contributed by atoms with E-state index in [-0.39, 0.29) is 11.3 Å². The van der Waals surface area contributed by atoms with E-state index in [2.05, 4.69) is 0 Å². The van der Waals surface area contributed by atoms with Crippen molar-refractivity contribution in [3.63, 3.8) is 0 Å². The van der Waals surface area contributed by atoms with Gasteiger partial charge in [0.15, 0.2) is 11.6 Å². The Kier molecular flexibility index (Phi) is 3.14. The minimum Gasteiger partial charge on any atom is -0.454 e. The highest BCUT2D eigenvalue weighted by Crippen LogP contribution is 2.26. The van der Waals surface area contributed by atoms with E-state index >= 15 is 0 Å². The van der Waals surface area contributed by atoms with Crippen LogP contribution < -0.4 is 10.2 Å². The molecule has 0 spiro atoms. The molecule has 2 aromatic rings. The third-order valence-corrected chi connectivity index (χ3v) is 3.07. The smallest absolute Gasteiger partial charge is 0.454 e. The molecule has 0 aliphatic carbocycles. The molecule has 20 heavy (non-hydrogen) atoms. The van der Waals surface area contributed by atoms with Gasteiger partial charge in [-0.15, -0.1) is 0 Å². The van der Waals surface area contributed by atoms with Crippen molar-refractivity contribution < 1.29 is 18.8 Å². The summed E-state index contributed by atoms with van der Waals surface area (Å²) in [5.41, 5.74) is 1.73. The molecule has 6 heteroatoms. The van der Waals surface area contributed by atoms with Gasteiger partial charge in [0.05, 0.1) is 18.2 Å². The Morgan fingerprint density at radius 2 is 2.15 bits per heavy atom. The fourth-order valence-corrected chi connectivity index (χ4v) is 2.04. The van der Waals surface area contributed by atoms with E-state index in [9.17, 15) is 9.41 Å². The minimum atomic E-state index is -0.973. The zero-order valence-electron chi connectivity index (χ0n) is 10.3. The van der Waals surface area contributed by atoms with Gasteiger partial charge in [-0.2, -0.15) is 5.26 Å². The topological polar surface area (TPSA) is 62.5 Å². The van der Waals surface area contributed by atoms with Crippen molar-refractivity contribution in [3.8, 4) is 17.6 Å². The molecule has 4 nitrogen and oxygen atoms in total. The number of rotatable bonds is 2. The molecule has 0 bridgehead atoms.